The van der Waals surface area contributed by atoms with E-state index in [0.717, 1.165) is 0 Å². The fourth-order valence-corrected chi connectivity index (χ4v) is 1.90. The highest BCUT2D eigenvalue weighted by Gasteiger charge is 2.27. The Morgan fingerprint density at radius 3 is 2.59 bits per heavy atom. The Balaban J connectivity index is 2.80. The minimum Gasteiger partial charge on any atom is -0.492 e. The van der Waals surface area contributed by atoms with Crippen molar-refractivity contribution in [1.82, 2.24) is 0 Å². The molecule has 0 saturated heterocycles. The van der Waals surface area contributed by atoms with Gasteiger partial charge in [0.25, 0.3) is 0 Å². The Morgan fingerprint density at radius 2 is 2.06 bits per heavy atom. The highest BCUT2D eigenvalue weighted by atomic mass is 79.9. The quantitative estimate of drug-likeness (QED) is 0.788. The van der Waals surface area contributed by atoms with Gasteiger partial charge in [-0.15, -0.1) is 0 Å². The molecule has 0 amide bonds. The average molecular weight is 311 g/mol. The molecular formula is C11H10BrF3O2. The maximum atomic E-state index is 11.9. The van der Waals surface area contributed by atoms with E-state index in [2.05, 4.69) is 15.9 Å². The van der Waals surface area contributed by atoms with Crippen LogP contribution in [0.15, 0.2) is 16.6 Å². The third-order valence-electron chi connectivity index (χ3n) is 2.03. The maximum absolute atomic E-state index is 11.9. The molecule has 0 bridgehead atoms. The van der Waals surface area contributed by atoms with E-state index < -0.39 is 19.2 Å². The number of aldehydes is 1. The molecule has 0 unspecified atom stereocenters. The first kappa shape index (κ1) is 14.0. The summed E-state index contributed by atoms with van der Waals surface area (Å²) < 4.78 is 41.5. The van der Waals surface area contributed by atoms with E-state index in [4.69, 9.17) is 4.74 Å². The maximum Gasteiger partial charge on any atom is 0.392 e. The molecule has 2 nitrogen and oxygen atoms in total. The van der Waals surface area contributed by atoms with Gasteiger partial charge in [-0.05, 0) is 24.6 Å². The average Bonchev–Trinajstić information content (AvgIpc) is 2.18. The van der Waals surface area contributed by atoms with Crippen LogP contribution in [0, 0.1) is 6.92 Å². The van der Waals surface area contributed by atoms with Crippen LogP contribution in [0.1, 0.15) is 22.3 Å². The van der Waals surface area contributed by atoms with Crippen molar-refractivity contribution in [2.24, 2.45) is 0 Å². The van der Waals surface area contributed by atoms with E-state index in [-0.39, 0.29) is 11.3 Å². The lowest BCUT2D eigenvalue weighted by molar-refractivity contribution is -0.139. The number of alkyl halides is 3. The zero-order valence-electron chi connectivity index (χ0n) is 8.97. The van der Waals surface area contributed by atoms with Gasteiger partial charge in [0, 0.05) is 4.47 Å². The minimum absolute atomic E-state index is 0.201. The molecule has 0 radical (unpaired) electrons. The van der Waals surface area contributed by atoms with Crippen LogP contribution < -0.4 is 4.74 Å². The SMILES string of the molecule is Cc1cc(Br)cc(C=O)c1OCCC(F)(F)F. The van der Waals surface area contributed by atoms with Crippen molar-refractivity contribution in [3.8, 4) is 5.75 Å². The fourth-order valence-electron chi connectivity index (χ4n) is 1.31. The molecule has 0 aliphatic heterocycles. The summed E-state index contributed by atoms with van der Waals surface area (Å²) in [7, 11) is 0. The number of carbonyl (C=O) groups excluding carboxylic acids is 1. The van der Waals surface area contributed by atoms with Gasteiger partial charge in [0.2, 0.25) is 0 Å². The predicted molar refractivity (Wildman–Crippen MR) is 60.4 cm³/mol. The zero-order chi connectivity index (χ0) is 13.1. The van der Waals surface area contributed by atoms with Gasteiger partial charge in [0.15, 0.2) is 6.29 Å². The first-order valence-corrected chi connectivity index (χ1v) is 5.57. The highest BCUT2D eigenvalue weighted by molar-refractivity contribution is 9.10. The van der Waals surface area contributed by atoms with Crippen LogP contribution in [0.3, 0.4) is 0 Å². The van der Waals surface area contributed by atoms with E-state index in [1.165, 1.54) is 6.07 Å². The van der Waals surface area contributed by atoms with E-state index in [1.54, 1.807) is 13.0 Å². The van der Waals surface area contributed by atoms with Crippen molar-refractivity contribution < 1.29 is 22.7 Å². The standard InChI is InChI=1S/C11H10BrF3O2/c1-7-4-9(12)5-8(6-16)10(7)17-3-2-11(13,14)15/h4-6H,2-3H2,1H3. The molecule has 0 fully saturated rings. The molecule has 0 aliphatic rings. The van der Waals surface area contributed by atoms with Crippen LogP contribution in [0.2, 0.25) is 0 Å². The topological polar surface area (TPSA) is 26.3 Å². The van der Waals surface area contributed by atoms with Gasteiger partial charge in [-0.3, -0.25) is 4.79 Å². The lowest BCUT2D eigenvalue weighted by Crippen LogP contribution is -2.14. The van der Waals surface area contributed by atoms with Crippen LogP contribution in [-0.2, 0) is 0 Å². The number of carbonyl (C=O) groups is 1. The Labute approximate surface area is 105 Å². The minimum atomic E-state index is -4.26. The lowest BCUT2D eigenvalue weighted by atomic mass is 10.1. The summed E-state index contributed by atoms with van der Waals surface area (Å²) in [5.41, 5.74) is 0.850. The second-order valence-electron chi connectivity index (χ2n) is 3.47. The smallest absolute Gasteiger partial charge is 0.392 e. The van der Waals surface area contributed by atoms with E-state index in [1.807, 2.05) is 0 Å². The normalized spacial score (nSPS) is 11.4. The van der Waals surface area contributed by atoms with Gasteiger partial charge in [-0.1, -0.05) is 15.9 Å². The molecule has 0 aliphatic carbocycles. The summed E-state index contributed by atoms with van der Waals surface area (Å²) >= 11 is 3.19. The lowest BCUT2D eigenvalue weighted by Gasteiger charge is -2.13. The van der Waals surface area contributed by atoms with Crippen molar-refractivity contribution in [3.05, 3.63) is 27.7 Å². The Hall–Kier alpha value is -1.04. The van der Waals surface area contributed by atoms with E-state index >= 15 is 0 Å². The summed E-state index contributed by atoms with van der Waals surface area (Å²) in [5.74, 6) is 0.201. The largest absolute Gasteiger partial charge is 0.492 e. The molecule has 1 aromatic carbocycles. The molecule has 0 aromatic heterocycles. The highest BCUT2D eigenvalue weighted by Crippen LogP contribution is 2.28. The molecule has 94 valence electrons. The number of hydrogen-bond acceptors (Lipinski definition) is 2. The summed E-state index contributed by atoms with van der Waals surface area (Å²) in [4.78, 5) is 10.8. The number of rotatable bonds is 4. The van der Waals surface area contributed by atoms with Crippen molar-refractivity contribution >= 4 is 22.2 Å². The first-order valence-electron chi connectivity index (χ1n) is 4.78. The van der Waals surface area contributed by atoms with Gasteiger partial charge in [0.05, 0.1) is 18.6 Å². The molecule has 1 aromatic rings. The molecule has 0 N–H and O–H groups in total. The van der Waals surface area contributed by atoms with Crippen molar-refractivity contribution in [2.75, 3.05) is 6.61 Å². The monoisotopic (exact) mass is 310 g/mol. The number of hydrogen-bond donors (Lipinski definition) is 0. The fraction of sp³-hybridized carbons (Fsp3) is 0.364. The third-order valence-corrected chi connectivity index (χ3v) is 2.48. The molecular weight excluding hydrogens is 301 g/mol. The number of halogens is 4. The van der Waals surface area contributed by atoms with Crippen LogP contribution in [0.5, 0.6) is 5.75 Å². The Bertz CT molecular complexity index is 416. The first-order chi connectivity index (χ1) is 7.83. The van der Waals surface area contributed by atoms with Gasteiger partial charge in [-0.25, -0.2) is 0 Å². The van der Waals surface area contributed by atoms with Crippen molar-refractivity contribution in [2.45, 2.75) is 19.5 Å². The number of benzene rings is 1. The molecule has 0 heterocycles. The summed E-state index contributed by atoms with van der Waals surface area (Å²) in [5, 5.41) is 0. The van der Waals surface area contributed by atoms with E-state index in [9.17, 15) is 18.0 Å². The van der Waals surface area contributed by atoms with Gasteiger partial charge in [0.1, 0.15) is 5.75 Å². The molecule has 6 heteroatoms. The van der Waals surface area contributed by atoms with Crippen molar-refractivity contribution in [1.29, 1.82) is 0 Å². The van der Waals surface area contributed by atoms with Gasteiger partial charge < -0.3 is 4.74 Å². The van der Waals surface area contributed by atoms with Gasteiger partial charge >= 0.3 is 6.18 Å². The molecule has 1 rings (SSSR count). The van der Waals surface area contributed by atoms with Crippen LogP contribution in [-0.4, -0.2) is 19.1 Å². The van der Waals surface area contributed by atoms with Crippen LogP contribution in [0.25, 0.3) is 0 Å². The van der Waals surface area contributed by atoms with Crippen LogP contribution in [0.4, 0.5) is 13.2 Å². The van der Waals surface area contributed by atoms with Crippen molar-refractivity contribution in [3.63, 3.8) is 0 Å². The van der Waals surface area contributed by atoms with E-state index in [0.29, 0.717) is 16.3 Å². The zero-order valence-corrected chi connectivity index (χ0v) is 10.6. The Morgan fingerprint density at radius 1 is 1.41 bits per heavy atom. The summed E-state index contributed by atoms with van der Waals surface area (Å²) in [6.45, 7) is 1.17. The summed E-state index contributed by atoms with van der Waals surface area (Å²) in [6, 6.07) is 3.18. The number of ether oxygens (including phenoxy) is 1. The third kappa shape index (κ3) is 4.38. The predicted octanol–water partition coefficient (Wildman–Crippen LogP) is 3.90. The summed E-state index contributed by atoms with van der Waals surface area (Å²) in [6.07, 6.45) is -4.74. The molecule has 0 saturated carbocycles. The number of aryl methyl sites for hydroxylation is 1. The molecule has 0 atom stereocenters. The van der Waals surface area contributed by atoms with Gasteiger partial charge in [-0.2, -0.15) is 13.2 Å². The Kier molecular flexibility index (Phi) is 4.56. The second-order valence-corrected chi connectivity index (χ2v) is 4.39. The molecule has 17 heavy (non-hydrogen) atoms. The van der Waals surface area contributed by atoms with Crippen LogP contribution >= 0.6 is 15.9 Å². The second kappa shape index (κ2) is 5.53. The molecule has 0 spiro atoms.